The quantitative estimate of drug-likeness (QED) is 0.336. The van der Waals surface area contributed by atoms with Crippen molar-refractivity contribution in [2.75, 3.05) is 0 Å². The van der Waals surface area contributed by atoms with Crippen LogP contribution >= 0.6 is 17.0 Å². The minimum absolute atomic E-state index is 0.389. The fourth-order valence-electron chi connectivity index (χ4n) is 2.15. The van der Waals surface area contributed by atoms with Crippen molar-refractivity contribution < 1.29 is 0 Å². The van der Waals surface area contributed by atoms with Crippen LogP contribution in [-0.4, -0.2) is 19.4 Å². The normalized spacial score (nSPS) is 12.4. The van der Waals surface area contributed by atoms with Gasteiger partial charge in [-0.15, -0.1) is 0 Å². The maximum absolute atomic E-state index is 6.48. The van der Waals surface area contributed by atoms with Crippen molar-refractivity contribution in [3.05, 3.63) is 0 Å². The average molecular weight is 463 g/mol. The molecule has 3 heteroatoms. The monoisotopic (exact) mass is 462 g/mol. The van der Waals surface area contributed by atoms with E-state index in [0.717, 1.165) is 0 Å². The van der Waals surface area contributed by atoms with Crippen LogP contribution in [0.2, 0.25) is 3.12 Å². The minimum atomic E-state index is -2.21. The predicted octanol–water partition coefficient (Wildman–Crippen LogP) is 6.26. The van der Waals surface area contributed by atoms with Gasteiger partial charge in [-0.1, -0.05) is 0 Å². The molecule has 0 amide bonds. The third kappa shape index (κ3) is 6.41. The zero-order valence-electron chi connectivity index (χ0n) is 11.1. The zero-order valence-corrected chi connectivity index (χ0v) is 16.1. The van der Waals surface area contributed by atoms with Crippen molar-refractivity contribution >= 4 is 36.4 Å². The molecular formula is C13H27BiCl2. The van der Waals surface area contributed by atoms with Gasteiger partial charge in [0, 0.05) is 0 Å². The van der Waals surface area contributed by atoms with Gasteiger partial charge in [0.2, 0.25) is 0 Å². The number of halogens is 2. The molecule has 0 N–H and O–H groups in total. The topological polar surface area (TPSA) is 0 Å². The molecule has 0 fully saturated rings. The van der Waals surface area contributed by atoms with Crippen molar-refractivity contribution in [3.63, 3.8) is 0 Å². The number of rotatable bonds is 10. The number of hydrogen-bond acceptors (Lipinski definition) is 0. The molecular weight excluding hydrogens is 436 g/mol. The summed E-state index contributed by atoms with van der Waals surface area (Å²) >= 11 is -2.21. The predicted molar refractivity (Wildman–Crippen MR) is 78.7 cm³/mol. The van der Waals surface area contributed by atoms with E-state index in [1.165, 1.54) is 57.8 Å². The Morgan fingerprint density at radius 1 is 0.750 bits per heavy atom. The fraction of sp³-hybridized carbons (Fsp3) is 1.00. The zero-order chi connectivity index (χ0) is 12.4. The molecule has 0 aliphatic heterocycles. The molecule has 0 unspecified atom stereocenters. The molecule has 0 saturated heterocycles. The number of hydrogen-bond donors (Lipinski definition) is 0. The first-order chi connectivity index (χ1) is 7.63. The SMILES string of the molecule is CCCC[C](CCCC)(CCCC)[Bi]([Cl])[Cl]. The molecule has 0 heterocycles. The molecule has 0 atom stereocenters. The Kier molecular flexibility index (Phi) is 11.3. The molecule has 0 radical (unpaired) electrons. The van der Waals surface area contributed by atoms with Crippen molar-refractivity contribution in [2.24, 2.45) is 0 Å². The van der Waals surface area contributed by atoms with Crippen LogP contribution in [-0.2, 0) is 0 Å². The van der Waals surface area contributed by atoms with Gasteiger partial charge in [0.25, 0.3) is 0 Å². The van der Waals surface area contributed by atoms with Gasteiger partial charge in [-0.25, -0.2) is 0 Å². The van der Waals surface area contributed by atoms with Gasteiger partial charge in [-0.3, -0.25) is 0 Å². The second kappa shape index (κ2) is 10.4. The third-order valence-electron chi connectivity index (χ3n) is 3.35. The van der Waals surface area contributed by atoms with Crippen LogP contribution < -0.4 is 0 Å². The second-order valence-electron chi connectivity index (χ2n) is 4.77. The summed E-state index contributed by atoms with van der Waals surface area (Å²) < 4.78 is 0.389. The molecule has 0 aliphatic carbocycles. The van der Waals surface area contributed by atoms with Gasteiger partial charge in [-0.2, -0.15) is 0 Å². The fourth-order valence-corrected chi connectivity index (χ4v) is 10.4. The van der Waals surface area contributed by atoms with Gasteiger partial charge in [0.1, 0.15) is 0 Å². The van der Waals surface area contributed by atoms with Crippen molar-refractivity contribution in [1.29, 1.82) is 0 Å². The van der Waals surface area contributed by atoms with E-state index in [4.69, 9.17) is 17.0 Å². The first kappa shape index (κ1) is 17.5. The van der Waals surface area contributed by atoms with Crippen molar-refractivity contribution in [3.8, 4) is 0 Å². The van der Waals surface area contributed by atoms with Crippen molar-refractivity contribution in [1.82, 2.24) is 0 Å². The maximum atomic E-state index is 6.48. The Morgan fingerprint density at radius 2 is 1.06 bits per heavy atom. The van der Waals surface area contributed by atoms with Gasteiger partial charge >= 0.3 is 118 Å². The first-order valence-electron chi connectivity index (χ1n) is 6.74. The summed E-state index contributed by atoms with van der Waals surface area (Å²) in [5.74, 6) is 0. The van der Waals surface area contributed by atoms with Crippen LogP contribution in [0, 0.1) is 0 Å². The summed E-state index contributed by atoms with van der Waals surface area (Å²) in [5.41, 5.74) is 0. The molecule has 0 nitrogen and oxygen atoms in total. The van der Waals surface area contributed by atoms with E-state index in [9.17, 15) is 0 Å². The van der Waals surface area contributed by atoms with Crippen LogP contribution in [0.1, 0.15) is 78.6 Å². The van der Waals surface area contributed by atoms with Gasteiger partial charge in [0.15, 0.2) is 0 Å². The Labute approximate surface area is 117 Å². The van der Waals surface area contributed by atoms with Crippen LogP contribution in [0.4, 0.5) is 0 Å². The Bertz CT molecular complexity index is 138. The van der Waals surface area contributed by atoms with Gasteiger partial charge in [0.05, 0.1) is 0 Å². The molecule has 0 aromatic heterocycles. The van der Waals surface area contributed by atoms with Gasteiger partial charge in [-0.05, 0) is 0 Å². The molecule has 98 valence electrons. The standard InChI is InChI=1S/C13H27.Bi.2ClH/c1-4-7-10-13(11-8-5-2)12-9-6-3;;;/h4-12H2,1-3H3;;2*1H/q;+2;;/p-2. The second-order valence-corrected chi connectivity index (χ2v) is 17.7. The molecule has 16 heavy (non-hydrogen) atoms. The third-order valence-corrected chi connectivity index (χ3v) is 15.0. The van der Waals surface area contributed by atoms with E-state index in [1.54, 1.807) is 0 Å². The van der Waals surface area contributed by atoms with Crippen LogP contribution in [0.15, 0.2) is 0 Å². The van der Waals surface area contributed by atoms with Crippen molar-refractivity contribution in [2.45, 2.75) is 81.7 Å². The van der Waals surface area contributed by atoms with E-state index in [-0.39, 0.29) is 0 Å². The average Bonchev–Trinajstić information content (AvgIpc) is 2.28. The summed E-state index contributed by atoms with van der Waals surface area (Å²) in [7, 11) is 13.0. The van der Waals surface area contributed by atoms with E-state index < -0.39 is 19.4 Å². The number of unbranched alkanes of at least 4 members (excludes halogenated alkanes) is 3. The molecule has 0 spiro atoms. The first-order valence-corrected chi connectivity index (χ1v) is 17.0. The Hall–Kier alpha value is 1.46. The summed E-state index contributed by atoms with van der Waals surface area (Å²) in [6.45, 7) is 6.78. The van der Waals surface area contributed by atoms with Crippen LogP contribution in [0.5, 0.6) is 0 Å². The summed E-state index contributed by atoms with van der Waals surface area (Å²) in [6.07, 6.45) is 11.6. The molecule has 0 bridgehead atoms. The van der Waals surface area contributed by atoms with Gasteiger partial charge < -0.3 is 0 Å². The summed E-state index contributed by atoms with van der Waals surface area (Å²) in [4.78, 5) is 0. The van der Waals surface area contributed by atoms with E-state index in [0.29, 0.717) is 3.12 Å². The molecule has 0 saturated carbocycles. The molecule has 0 rings (SSSR count). The van der Waals surface area contributed by atoms with E-state index in [1.807, 2.05) is 0 Å². The summed E-state index contributed by atoms with van der Waals surface area (Å²) in [5, 5.41) is 0. The van der Waals surface area contributed by atoms with Crippen LogP contribution in [0.3, 0.4) is 0 Å². The summed E-state index contributed by atoms with van der Waals surface area (Å²) in [6, 6.07) is 0. The molecule has 0 aromatic rings. The van der Waals surface area contributed by atoms with Crippen LogP contribution in [0.25, 0.3) is 0 Å². The Balaban J connectivity index is 4.46. The molecule has 0 aromatic carbocycles. The molecule has 0 aliphatic rings. The Morgan fingerprint density at radius 3 is 1.25 bits per heavy atom. The van der Waals surface area contributed by atoms with E-state index in [2.05, 4.69) is 20.8 Å². The van der Waals surface area contributed by atoms with E-state index >= 15 is 0 Å².